The van der Waals surface area contributed by atoms with Crippen LogP contribution in [0.15, 0.2) is 35.6 Å². The van der Waals surface area contributed by atoms with E-state index in [-0.39, 0.29) is 5.91 Å². The molecule has 0 bridgehead atoms. The summed E-state index contributed by atoms with van der Waals surface area (Å²) in [5.74, 6) is 2.33. The number of anilines is 1. The lowest BCUT2D eigenvalue weighted by Crippen LogP contribution is -2.47. The molecule has 4 rings (SSSR count). The Hall–Kier alpha value is -2.52. The Bertz CT molecular complexity index is 1140. The van der Waals surface area contributed by atoms with Gasteiger partial charge in [-0.15, -0.1) is 0 Å². The number of ether oxygens (including phenoxy) is 1. The highest BCUT2D eigenvalue weighted by Gasteiger charge is 2.29. The molecule has 10 heteroatoms. The normalized spacial score (nSPS) is 14.3. The smallest absolute Gasteiger partial charge is 0.263 e. The zero-order valence-electron chi connectivity index (χ0n) is 20.6. The molecule has 0 atom stereocenters. The van der Waals surface area contributed by atoms with E-state index in [1.54, 1.807) is 49.9 Å². The number of fused-ring (bicyclic) bond motifs is 1. The van der Waals surface area contributed by atoms with E-state index in [4.69, 9.17) is 26.3 Å². The number of amides is 1. The van der Waals surface area contributed by atoms with Crippen LogP contribution in [0.25, 0.3) is 11.0 Å². The van der Waals surface area contributed by atoms with E-state index in [1.165, 1.54) is 19.3 Å². The molecule has 1 saturated heterocycles. The highest BCUT2D eigenvalue weighted by Crippen LogP contribution is 2.29. The van der Waals surface area contributed by atoms with Crippen molar-refractivity contribution in [1.29, 1.82) is 0 Å². The Balaban J connectivity index is 1.45. The van der Waals surface area contributed by atoms with Gasteiger partial charge in [-0.25, -0.2) is 14.6 Å². The fourth-order valence-electron chi connectivity index (χ4n) is 4.02. The number of hydrogen-bond donors (Lipinski definition) is 1. The van der Waals surface area contributed by atoms with Gasteiger partial charge in [0.2, 0.25) is 0 Å². The van der Waals surface area contributed by atoms with Gasteiger partial charge in [0, 0.05) is 30.4 Å². The van der Waals surface area contributed by atoms with Gasteiger partial charge in [-0.05, 0) is 63.8 Å². The second-order valence-corrected chi connectivity index (χ2v) is 10.7. The average Bonchev–Trinajstić information content (AvgIpc) is 3.27. The van der Waals surface area contributed by atoms with Gasteiger partial charge in [0.25, 0.3) is 5.91 Å². The van der Waals surface area contributed by atoms with Crippen LogP contribution < -0.4 is 15.0 Å². The van der Waals surface area contributed by atoms with E-state index in [0.29, 0.717) is 23.9 Å². The summed E-state index contributed by atoms with van der Waals surface area (Å²) in [6.07, 6.45) is 6.53. The maximum atomic E-state index is 12.8. The van der Waals surface area contributed by atoms with Crippen LogP contribution in [-0.2, 0) is 11.3 Å². The van der Waals surface area contributed by atoms with Gasteiger partial charge >= 0.3 is 0 Å². The molecule has 3 heterocycles. The van der Waals surface area contributed by atoms with Gasteiger partial charge in [0.1, 0.15) is 11.6 Å². The summed E-state index contributed by atoms with van der Waals surface area (Å²) in [5, 5.41) is 9.93. The summed E-state index contributed by atoms with van der Waals surface area (Å²) < 4.78 is 7.75. The van der Waals surface area contributed by atoms with Crippen LogP contribution in [0.5, 0.6) is 5.75 Å². The van der Waals surface area contributed by atoms with Gasteiger partial charge in [0.15, 0.2) is 16.4 Å². The van der Waals surface area contributed by atoms with E-state index in [1.807, 2.05) is 10.9 Å². The van der Waals surface area contributed by atoms with E-state index in [2.05, 4.69) is 22.2 Å². The summed E-state index contributed by atoms with van der Waals surface area (Å²) in [4.78, 5) is 24.9. The number of thioether (sulfide) groups is 1. The molecular formula is C25H33ClN6O2S. The minimum absolute atomic E-state index is 0.202. The Morgan fingerprint density at radius 3 is 2.63 bits per heavy atom. The van der Waals surface area contributed by atoms with Crippen molar-refractivity contribution in [2.45, 2.75) is 63.8 Å². The lowest BCUT2D eigenvalue weighted by molar-refractivity contribution is -0.134. The molecule has 0 aliphatic carbocycles. The Morgan fingerprint density at radius 1 is 1.17 bits per heavy atom. The Kier molecular flexibility index (Phi) is 8.38. The van der Waals surface area contributed by atoms with Crippen LogP contribution in [-0.4, -0.2) is 56.6 Å². The molecule has 0 spiro atoms. The quantitative estimate of drug-likeness (QED) is 0.301. The first-order valence-electron chi connectivity index (χ1n) is 12.2. The third-order valence-electron chi connectivity index (χ3n) is 5.89. The first-order chi connectivity index (χ1) is 16.9. The minimum atomic E-state index is -1.03. The largest absolute Gasteiger partial charge is 0.478 e. The topological polar surface area (TPSA) is 85.2 Å². The lowest BCUT2D eigenvalue weighted by atomic mass is 10.1. The summed E-state index contributed by atoms with van der Waals surface area (Å²) in [7, 11) is 0. The van der Waals surface area contributed by atoms with Crippen LogP contribution in [0.2, 0.25) is 5.02 Å². The number of carbonyl (C=O) groups is 1. The summed E-state index contributed by atoms with van der Waals surface area (Å²) in [6.45, 7) is 8.57. The number of halogens is 1. The molecule has 1 N–H and O–H groups in total. The van der Waals surface area contributed by atoms with Crippen molar-refractivity contribution in [3.05, 3.63) is 35.5 Å². The third kappa shape index (κ3) is 6.38. The Morgan fingerprint density at radius 2 is 1.91 bits per heavy atom. The second-order valence-electron chi connectivity index (χ2n) is 9.15. The van der Waals surface area contributed by atoms with Crippen molar-refractivity contribution in [3.63, 3.8) is 0 Å². The van der Waals surface area contributed by atoms with Crippen molar-refractivity contribution >= 4 is 46.1 Å². The van der Waals surface area contributed by atoms with Crippen molar-refractivity contribution in [1.82, 2.24) is 25.1 Å². The molecule has 0 unspecified atom stereocenters. The summed E-state index contributed by atoms with van der Waals surface area (Å²) >= 11 is 7.61. The van der Waals surface area contributed by atoms with E-state index < -0.39 is 5.60 Å². The molecule has 1 aliphatic rings. The van der Waals surface area contributed by atoms with E-state index in [0.717, 1.165) is 47.3 Å². The number of nitrogens with zero attached hydrogens (tertiary/aromatic N) is 5. The van der Waals surface area contributed by atoms with Gasteiger partial charge < -0.3 is 15.0 Å². The number of benzene rings is 1. The van der Waals surface area contributed by atoms with Gasteiger partial charge in [-0.1, -0.05) is 30.3 Å². The van der Waals surface area contributed by atoms with Gasteiger partial charge in [0.05, 0.1) is 18.1 Å². The van der Waals surface area contributed by atoms with Gasteiger partial charge in [-0.2, -0.15) is 5.10 Å². The predicted molar refractivity (Wildman–Crippen MR) is 142 cm³/mol. The van der Waals surface area contributed by atoms with Crippen LogP contribution in [0.1, 0.15) is 46.5 Å². The number of nitrogens with one attached hydrogen (secondary N) is 1. The van der Waals surface area contributed by atoms with Crippen LogP contribution >= 0.6 is 23.4 Å². The number of rotatable bonds is 10. The number of carbonyl (C=O) groups excluding carboxylic acids is 1. The second kappa shape index (κ2) is 11.5. The number of piperidine rings is 1. The summed E-state index contributed by atoms with van der Waals surface area (Å²) in [6, 6.07) is 6.98. The molecule has 35 heavy (non-hydrogen) atoms. The fraction of sp³-hybridized carbons (Fsp3) is 0.520. The van der Waals surface area contributed by atoms with Gasteiger partial charge in [-0.3, -0.25) is 4.79 Å². The first kappa shape index (κ1) is 25.6. The highest BCUT2D eigenvalue weighted by atomic mass is 35.5. The minimum Gasteiger partial charge on any atom is -0.478 e. The summed E-state index contributed by atoms with van der Waals surface area (Å²) in [5.41, 5.74) is -0.224. The fourth-order valence-corrected chi connectivity index (χ4v) is 4.84. The molecule has 1 aliphatic heterocycles. The zero-order valence-corrected chi connectivity index (χ0v) is 22.2. The molecule has 188 valence electrons. The predicted octanol–water partition coefficient (Wildman–Crippen LogP) is 4.95. The molecule has 1 amide bonds. The van der Waals surface area contributed by atoms with Crippen molar-refractivity contribution in [2.75, 3.05) is 30.3 Å². The van der Waals surface area contributed by atoms with E-state index in [9.17, 15) is 4.79 Å². The van der Waals surface area contributed by atoms with Crippen molar-refractivity contribution < 1.29 is 9.53 Å². The highest BCUT2D eigenvalue weighted by molar-refractivity contribution is 7.99. The van der Waals surface area contributed by atoms with Crippen LogP contribution in [0.4, 0.5) is 5.82 Å². The van der Waals surface area contributed by atoms with Crippen molar-refractivity contribution in [3.8, 4) is 5.75 Å². The van der Waals surface area contributed by atoms with E-state index >= 15 is 0 Å². The molecule has 3 aromatic rings. The molecule has 0 saturated carbocycles. The number of aromatic nitrogens is 4. The molecule has 1 fully saturated rings. The number of hydrogen-bond acceptors (Lipinski definition) is 7. The standard InChI is InChI=1S/C25H33ClN6O2S/c1-4-16-35-24-29-21(31-13-6-5-7-14-31)20-17-28-32(22(20)30-24)15-12-27-23(33)25(2,3)34-19-10-8-18(26)9-11-19/h8-11,17H,4-7,12-16H2,1-3H3,(H,27,33). The lowest BCUT2D eigenvalue weighted by Gasteiger charge is -2.28. The SMILES string of the molecule is CCCSc1nc(N2CCCCC2)c2cnn(CCNC(=O)C(C)(C)Oc3ccc(Cl)cc3)c2n1. The first-order valence-corrected chi connectivity index (χ1v) is 13.6. The Labute approximate surface area is 215 Å². The zero-order chi connectivity index (χ0) is 24.8. The van der Waals surface area contributed by atoms with Crippen LogP contribution in [0, 0.1) is 0 Å². The molecule has 0 radical (unpaired) electrons. The average molecular weight is 517 g/mol. The molecule has 1 aromatic carbocycles. The molecule has 2 aromatic heterocycles. The molecular weight excluding hydrogens is 484 g/mol. The maximum Gasteiger partial charge on any atom is 0.263 e. The maximum absolute atomic E-state index is 12.8. The van der Waals surface area contributed by atoms with Crippen molar-refractivity contribution in [2.24, 2.45) is 0 Å². The molecule has 8 nitrogen and oxygen atoms in total. The third-order valence-corrected chi connectivity index (χ3v) is 7.19. The van der Waals surface area contributed by atoms with Crippen LogP contribution in [0.3, 0.4) is 0 Å². The monoisotopic (exact) mass is 516 g/mol.